The third-order valence-electron chi connectivity index (χ3n) is 3.29. The van der Waals surface area contributed by atoms with E-state index >= 15 is 0 Å². The van der Waals surface area contributed by atoms with Crippen molar-refractivity contribution in [1.29, 1.82) is 0 Å². The van der Waals surface area contributed by atoms with Crippen LogP contribution in [0.2, 0.25) is 0 Å². The summed E-state index contributed by atoms with van der Waals surface area (Å²) in [4.78, 5) is 6.57. The molecule has 2 aromatic carbocycles. The lowest BCUT2D eigenvalue weighted by Gasteiger charge is -2.18. The lowest BCUT2D eigenvalue weighted by molar-refractivity contribution is 1.13. The minimum atomic E-state index is 0.989. The molecule has 0 spiro atoms. The van der Waals surface area contributed by atoms with Gasteiger partial charge in [0, 0.05) is 25.7 Å². The van der Waals surface area contributed by atoms with Crippen LogP contribution in [0.15, 0.2) is 60.8 Å². The number of aromatic nitrogens is 1. The lowest BCUT2D eigenvalue weighted by Crippen LogP contribution is -2.10. The third kappa shape index (κ3) is 3.37. The molecular weight excluding hydrogens is 270 g/mol. The van der Waals surface area contributed by atoms with Crippen LogP contribution in [0.5, 0.6) is 0 Å². The predicted octanol–water partition coefficient (Wildman–Crippen LogP) is 5.07. The summed E-state index contributed by atoms with van der Waals surface area (Å²) >= 11 is 0. The molecule has 0 unspecified atom stereocenters. The predicted molar refractivity (Wildman–Crippen MR) is 97.1 cm³/mol. The van der Waals surface area contributed by atoms with Crippen molar-refractivity contribution in [3.05, 3.63) is 60.8 Å². The van der Waals surface area contributed by atoms with E-state index in [9.17, 15) is 0 Å². The van der Waals surface area contributed by atoms with Crippen molar-refractivity contribution in [3.8, 4) is 0 Å². The fraction of sp³-hybridized carbons (Fsp3) is 0.211. The number of anilines is 3. The number of pyridine rings is 1. The molecule has 3 rings (SSSR count). The van der Waals surface area contributed by atoms with Crippen LogP contribution in [0.3, 0.4) is 0 Å². The van der Waals surface area contributed by atoms with Gasteiger partial charge in [0.1, 0.15) is 0 Å². The van der Waals surface area contributed by atoms with E-state index in [0.29, 0.717) is 0 Å². The molecule has 0 bridgehead atoms. The van der Waals surface area contributed by atoms with Crippen molar-refractivity contribution >= 4 is 28.0 Å². The van der Waals surface area contributed by atoms with Gasteiger partial charge in [-0.25, -0.2) is 0 Å². The van der Waals surface area contributed by atoms with Crippen LogP contribution in [0.25, 0.3) is 10.9 Å². The van der Waals surface area contributed by atoms with Gasteiger partial charge in [0.2, 0.25) is 0 Å². The molecule has 114 valence electrons. The highest BCUT2D eigenvalue weighted by molar-refractivity contribution is 5.93. The van der Waals surface area contributed by atoms with Gasteiger partial charge in [-0.05, 0) is 24.3 Å². The molecular formula is C19H23N3. The zero-order valence-corrected chi connectivity index (χ0v) is 13.7. The molecule has 0 saturated carbocycles. The van der Waals surface area contributed by atoms with Crippen molar-refractivity contribution < 1.29 is 0 Å². The summed E-state index contributed by atoms with van der Waals surface area (Å²) < 4.78 is 0. The first-order valence-electron chi connectivity index (χ1n) is 7.63. The fourth-order valence-corrected chi connectivity index (χ4v) is 2.32. The van der Waals surface area contributed by atoms with Crippen molar-refractivity contribution in [2.45, 2.75) is 13.8 Å². The van der Waals surface area contributed by atoms with E-state index in [2.05, 4.69) is 45.5 Å². The van der Waals surface area contributed by atoms with Crippen LogP contribution in [0, 0.1) is 0 Å². The van der Waals surface area contributed by atoms with Crippen molar-refractivity contribution in [3.63, 3.8) is 0 Å². The zero-order valence-electron chi connectivity index (χ0n) is 13.7. The standard InChI is InChI=1S/C17H17N3.C2H6/c1-20(2)16-11-4-3-9-14(16)19-15-10-5-7-13-8-6-12-18-17(13)15;1-2/h3-12,19H,1-2H3;1-2H3. The Morgan fingerprint density at radius 3 is 2.27 bits per heavy atom. The number of hydrogen-bond donors (Lipinski definition) is 1. The molecule has 1 N–H and O–H groups in total. The molecule has 1 aromatic heterocycles. The average Bonchev–Trinajstić information content (AvgIpc) is 2.57. The number of nitrogens with zero attached hydrogens (tertiary/aromatic N) is 2. The Morgan fingerprint density at radius 1 is 0.818 bits per heavy atom. The van der Waals surface area contributed by atoms with Gasteiger partial charge in [-0.15, -0.1) is 0 Å². The Kier molecular flexibility index (Phi) is 5.37. The molecule has 1 heterocycles. The quantitative estimate of drug-likeness (QED) is 0.730. The lowest BCUT2D eigenvalue weighted by atomic mass is 10.1. The highest BCUT2D eigenvalue weighted by Gasteiger charge is 2.06. The minimum absolute atomic E-state index is 0.989. The van der Waals surface area contributed by atoms with Crippen molar-refractivity contribution in [2.24, 2.45) is 0 Å². The first kappa shape index (κ1) is 15.8. The Bertz CT molecular complexity index is 730. The van der Waals surface area contributed by atoms with E-state index in [-0.39, 0.29) is 0 Å². The number of fused-ring (bicyclic) bond motifs is 1. The molecule has 0 atom stereocenters. The molecule has 22 heavy (non-hydrogen) atoms. The van der Waals surface area contributed by atoms with Gasteiger partial charge in [-0.2, -0.15) is 0 Å². The molecule has 3 heteroatoms. The largest absolute Gasteiger partial charge is 0.376 e. The van der Waals surface area contributed by atoms with Crippen molar-refractivity contribution in [1.82, 2.24) is 4.98 Å². The number of para-hydroxylation sites is 3. The second-order valence-electron chi connectivity index (χ2n) is 4.92. The van der Waals surface area contributed by atoms with Crippen LogP contribution < -0.4 is 10.2 Å². The number of hydrogen-bond acceptors (Lipinski definition) is 3. The van der Waals surface area contributed by atoms with Gasteiger partial charge in [0.25, 0.3) is 0 Å². The van der Waals surface area contributed by atoms with Crippen LogP contribution in [0.1, 0.15) is 13.8 Å². The van der Waals surface area contributed by atoms with E-state index in [0.717, 1.165) is 28.0 Å². The molecule has 0 aliphatic heterocycles. The maximum atomic E-state index is 4.48. The molecule has 0 radical (unpaired) electrons. The normalized spacial score (nSPS) is 9.82. The van der Waals surface area contributed by atoms with Gasteiger partial charge in [0.05, 0.1) is 22.6 Å². The third-order valence-corrected chi connectivity index (χ3v) is 3.29. The number of nitrogens with one attached hydrogen (secondary N) is 1. The van der Waals surface area contributed by atoms with Crippen molar-refractivity contribution in [2.75, 3.05) is 24.3 Å². The summed E-state index contributed by atoms with van der Waals surface area (Å²) in [5, 5.41) is 4.63. The highest BCUT2D eigenvalue weighted by Crippen LogP contribution is 2.30. The Hall–Kier alpha value is -2.55. The van der Waals surface area contributed by atoms with Gasteiger partial charge in [-0.3, -0.25) is 4.98 Å². The molecule has 0 aliphatic rings. The molecule has 0 fully saturated rings. The summed E-state index contributed by atoms with van der Waals surface area (Å²) in [5.41, 5.74) is 4.25. The summed E-state index contributed by atoms with van der Waals surface area (Å²) in [6.45, 7) is 4.00. The van der Waals surface area contributed by atoms with E-state index in [4.69, 9.17) is 0 Å². The smallest absolute Gasteiger partial charge is 0.0936 e. The van der Waals surface area contributed by atoms with E-state index in [1.54, 1.807) is 0 Å². The number of rotatable bonds is 3. The van der Waals surface area contributed by atoms with Gasteiger partial charge in [-0.1, -0.05) is 44.2 Å². The number of benzene rings is 2. The van der Waals surface area contributed by atoms with Crippen LogP contribution in [0.4, 0.5) is 17.1 Å². The summed E-state index contributed by atoms with van der Waals surface area (Å²) in [6.07, 6.45) is 1.82. The summed E-state index contributed by atoms with van der Waals surface area (Å²) in [5.74, 6) is 0. The molecule has 0 amide bonds. The molecule has 0 saturated heterocycles. The SMILES string of the molecule is CC.CN(C)c1ccccc1Nc1cccc2cccnc12. The molecule has 3 nitrogen and oxygen atoms in total. The summed E-state index contributed by atoms with van der Waals surface area (Å²) in [7, 11) is 4.09. The van der Waals surface area contributed by atoms with Gasteiger partial charge in [0.15, 0.2) is 0 Å². The maximum absolute atomic E-state index is 4.48. The fourth-order valence-electron chi connectivity index (χ4n) is 2.32. The summed E-state index contributed by atoms with van der Waals surface area (Å²) in [6, 6.07) is 18.5. The van der Waals surface area contributed by atoms with Crippen LogP contribution >= 0.6 is 0 Å². The first-order chi connectivity index (χ1) is 10.8. The van der Waals surface area contributed by atoms with E-state index in [1.165, 1.54) is 0 Å². The minimum Gasteiger partial charge on any atom is -0.376 e. The second-order valence-corrected chi connectivity index (χ2v) is 4.92. The van der Waals surface area contributed by atoms with Crippen LogP contribution in [-0.2, 0) is 0 Å². The molecule has 0 aliphatic carbocycles. The van der Waals surface area contributed by atoms with E-state index < -0.39 is 0 Å². The van der Waals surface area contributed by atoms with E-state index in [1.807, 2.05) is 58.4 Å². The Balaban J connectivity index is 0.000000847. The Morgan fingerprint density at radius 2 is 1.50 bits per heavy atom. The highest BCUT2D eigenvalue weighted by atomic mass is 15.1. The monoisotopic (exact) mass is 293 g/mol. The first-order valence-corrected chi connectivity index (χ1v) is 7.63. The maximum Gasteiger partial charge on any atom is 0.0936 e. The topological polar surface area (TPSA) is 28.2 Å². The average molecular weight is 293 g/mol. The Labute approximate surface area is 132 Å². The van der Waals surface area contributed by atoms with Crippen LogP contribution in [-0.4, -0.2) is 19.1 Å². The second kappa shape index (κ2) is 7.46. The van der Waals surface area contributed by atoms with Gasteiger partial charge < -0.3 is 10.2 Å². The molecule has 3 aromatic rings. The van der Waals surface area contributed by atoms with Gasteiger partial charge >= 0.3 is 0 Å². The zero-order chi connectivity index (χ0) is 15.9.